The molecule has 0 bridgehead atoms. The summed E-state index contributed by atoms with van der Waals surface area (Å²) in [6.45, 7) is 6.74. The van der Waals surface area contributed by atoms with Crippen molar-refractivity contribution < 1.29 is 0 Å². The second-order valence-corrected chi connectivity index (χ2v) is 7.23. The van der Waals surface area contributed by atoms with E-state index >= 15 is 0 Å². The maximum Gasteiger partial charge on any atom is 0.0459 e. The van der Waals surface area contributed by atoms with Crippen LogP contribution in [0.25, 0.3) is 10.9 Å². The van der Waals surface area contributed by atoms with E-state index in [1.807, 2.05) is 0 Å². The van der Waals surface area contributed by atoms with E-state index in [2.05, 4.69) is 62.2 Å². The molecule has 1 unspecified atom stereocenters. The zero-order valence-electron chi connectivity index (χ0n) is 14.4. The molecule has 1 heteroatoms. The minimum atomic E-state index is 0.648. The van der Waals surface area contributed by atoms with Gasteiger partial charge in [0.1, 0.15) is 0 Å². The highest BCUT2D eigenvalue weighted by molar-refractivity contribution is 5.85. The van der Waals surface area contributed by atoms with Crippen molar-refractivity contribution >= 4 is 10.9 Å². The van der Waals surface area contributed by atoms with Crippen LogP contribution in [0.3, 0.4) is 0 Å². The molecule has 1 nitrogen and oxygen atoms in total. The van der Waals surface area contributed by atoms with Gasteiger partial charge in [-0.3, -0.25) is 0 Å². The van der Waals surface area contributed by atoms with E-state index in [1.54, 1.807) is 11.1 Å². The summed E-state index contributed by atoms with van der Waals surface area (Å²) in [5.41, 5.74) is 10.2. The molecular weight excluding hydrogens is 278 g/mol. The number of aryl methyl sites for hydroxylation is 4. The Morgan fingerprint density at radius 1 is 1.04 bits per heavy atom. The van der Waals surface area contributed by atoms with Crippen LogP contribution < -0.4 is 0 Å². The smallest absolute Gasteiger partial charge is 0.0459 e. The molecule has 0 fully saturated rings. The molecule has 1 N–H and O–H groups in total. The van der Waals surface area contributed by atoms with Crippen molar-refractivity contribution in [1.82, 2.24) is 4.98 Å². The monoisotopic (exact) mass is 303 g/mol. The van der Waals surface area contributed by atoms with Crippen molar-refractivity contribution in [2.75, 3.05) is 0 Å². The van der Waals surface area contributed by atoms with Crippen LogP contribution in [-0.4, -0.2) is 4.98 Å². The molecule has 0 saturated heterocycles. The van der Waals surface area contributed by atoms with Crippen LogP contribution in [-0.2, 0) is 12.8 Å². The number of hydrogen-bond donors (Lipinski definition) is 1. The average molecular weight is 303 g/mol. The third kappa shape index (κ3) is 2.49. The lowest BCUT2D eigenvalue weighted by molar-refractivity contribution is 0.548. The maximum absolute atomic E-state index is 3.67. The molecule has 1 heterocycles. The molecule has 2 aromatic carbocycles. The highest BCUT2D eigenvalue weighted by atomic mass is 14.7. The Morgan fingerprint density at radius 3 is 2.57 bits per heavy atom. The van der Waals surface area contributed by atoms with Crippen LogP contribution in [0.4, 0.5) is 0 Å². The lowest BCUT2D eigenvalue weighted by Gasteiger charge is -2.25. The molecule has 1 atom stereocenters. The highest BCUT2D eigenvalue weighted by Gasteiger charge is 2.25. The number of rotatable bonds is 2. The van der Waals surface area contributed by atoms with Crippen molar-refractivity contribution in [2.24, 2.45) is 0 Å². The van der Waals surface area contributed by atoms with Crippen molar-refractivity contribution in [2.45, 2.75) is 52.4 Å². The molecule has 1 aliphatic carbocycles. The van der Waals surface area contributed by atoms with Gasteiger partial charge in [-0.05, 0) is 80.7 Å². The fourth-order valence-electron chi connectivity index (χ4n) is 4.53. The number of hydrogen-bond acceptors (Lipinski definition) is 0. The van der Waals surface area contributed by atoms with Gasteiger partial charge in [0.25, 0.3) is 0 Å². The van der Waals surface area contributed by atoms with Gasteiger partial charge in [-0.15, -0.1) is 0 Å². The van der Waals surface area contributed by atoms with Gasteiger partial charge in [0, 0.05) is 16.6 Å². The molecule has 4 rings (SSSR count). The molecule has 0 aliphatic heterocycles. The zero-order chi connectivity index (χ0) is 16.0. The predicted octanol–water partition coefficient (Wildman–Crippen LogP) is 5.76. The Balaban J connectivity index is 1.78. The van der Waals surface area contributed by atoms with Gasteiger partial charge in [0.15, 0.2) is 0 Å². The molecule has 1 aromatic heterocycles. The highest BCUT2D eigenvalue weighted by Crippen LogP contribution is 2.39. The molecule has 118 valence electrons. The van der Waals surface area contributed by atoms with Crippen molar-refractivity contribution in [3.05, 3.63) is 69.9 Å². The van der Waals surface area contributed by atoms with Crippen LogP contribution in [0.1, 0.15) is 52.3 Å². The summed E-state index contributed by atoms with van der Waals surface area (Å²) < 4.78 is 0. The largest absolute Gasteiger partial charge is 0.358 e. The predicted molar refractivity (Wildman–Crippen MR) is 98.3 cm³/mol. The number of para-hydroxylation sites is 1. The molecule has 1 aliphatic rings. The minimum Gasteiger partial charge on any atom is -0.358 e. The van der Waals surface area contributed by atoms with Crippen molar-refractivity contribution in [3.8, 4) is 0 Å². The third-order valence-corrected chi connectivity index (χ3v) is 5.51. The molecule has 0 spiro atoms. The fourth-order valence-corrected chi connectivity index (χ4v) is 4.53. The van der Waals surface area contributed by atoms with Crippen LogP contribution in [0.15, 0.2) is 36.4 Å². The SMILES string of the molecule is Cc1cc(C)c(CC2CCCc3[nH]c4ccccc4c32)c(C)c1. The molecule has 23 heavy (non-hydrogen) atoms. The molecule has 0 radical (unpaired) electrons. The Morgan fingerprint density at radius 2 is 1.78 bits per heavy atom. The van der Waals surface area contributed by atoms with Gasteiger partial charge in [-0.2, -0.15) is 0 Å². The van der Waals surface area contributed by atoms with E-state index in [-0.39, 0.29) is 0 Å². The van der Waals surface area contributed by atoms with Gasteiger partial charge in [-0.1, -0.05) is 35.9 Å². The first kappa shape index (κ1) is 14.6. The van der Waals surface area contributed by atoms with Gasteiger partial charge in [0.2, 0.25) is 0 Å². The third-order valence-electron chi connectivity index (χ3n) is 5.51. The lowest BCUT2D eigenvalue weighted by Crippen LogP contribution is -2.12. The van der Waals surface area contributed by atoms with Crippen LogP contribution in [0, 0.1) is 20.8 Å². The first-order valence-corrected chi connectivity index (χ1v) is 8.79. The maximum atomic E-state index is 3.67. The lowest BCUT2D eigenvalue weighted by atomic mass is 9.79. The van der Waals surface area contributed by atoms with Gasteiger partial charge in [-0.25, -0.2) is 0 Å². The average Bonchev–Trinajstić information content (AvgIpc) is 2.90. The van der Waals surface area contributed by atoms with Crippen LogP contribution in [0.5, 0.6) is 0 Å². The number of H-pyrrole nitrogens is 1. The fraction of sp³-hybridized carbons (Fsp3) is 0.364. The van der Waals surface area contributed by atoms with E-state index in [0.717, 1.165) is 0 Å². The Kier molecular flexibility index (Phi) is 3.52. The summed E-state index contributed by atoms with van der Waals surface area (Å²) in [6, 6.07) is 13.5. The normalized spacial score (nSPS) is 17.4. The zero-order valence-corrected chi connectivity index (χ0v) is 14.4. The minimum absolute atomic E-state index is 0.648. The van der Waals surface area contributed by atoms with Crippen molar-refractivity contribution in [3.63, 3.8) is 0 Å². The van der Waals surface area contributed by atoms with Gasteiger partial charge in [0.05, 0.1) is 0 Å². The van der Waals surface area contributed by atoms with Gasteiger partial charge >= 0.3 is 0 Å². The number of benzene rings is 2. The summed E-state index contributed by atoms with van der Waals surface area (Å²) in [5.74, 6) is 0.648. The van der Waals surface area contributed by atoms with Crippen LogP contribution in [0.2, 0.25) is 0 Å². The quantitative estimate of drug-likeness (QED) is 0.620. The summed E-state index contributed by atoms with van der Waals surface area (Å²) in [6.07, 6.45) is 4.98. The van der Waals surface area contributed by atoms with E-state index in [9.17, 15) is 0 Å². The van der Waals surface area contributed by atoms with E-state index < -0.39 is 0 Å². The summed E-state index contributed by atoms with van der Waals surface area (Å²) >= 11 is 0. The Bertz CT molecular complexity index is 846. The van der Waals surface area contributed by atoms with E-state index in [0.29, 0.717) is 5.92 Å². The molecule has 0 amide bonds. The Labute approximate surface area is 138 Å². The summed E-state index contributed by atoms with van der Waals surface area (Å²) in [4.78, 5) is 3.67. The number of aromatic nitrogens is 1. The summed E-state index contributed by atoms with van der Waals surface area (Å²) in [7, 11) is 0. The van der Waals surface area contributed by atoms with Crippen molar-refractivity contribution in [1.29, 1.82) is 0 Å². The Hall–Kier alpha value is -2.02. The summed E-state index contributed by atoms with van der Waals surface area (Å²) in [5, 5.41) is 1.44. The standard InChI is InChI=1S/C22H25N/c1-14-11-15(2)19(16(3)12-14)13-17-7-6-10-21-22(17)18-8-4-5-9-20(18)23-21/h4-5,8-9,11-12,17,23H,6-7,10,13H2,1-3H3. The molecular formula is C22H25N. The number of fused-ring (bicyclic) bond motifs is 3. The van der Waals surface area contributed by atoms with Gasteiger partial charge < -0.3 is 4.98 Å². The van der Waals surface area contributed by atoms with Crippen LogP contribution >= 0.6 is 0 Å². The second kappa shape index (κ2) is 5.56. The topological polar surface area (TPSA) is 15.8 Å². The first-order valence-electron chi connectivity index (χ1n) is 8.79. The number of aromatic amines is 1. The van der Waals surface area contributed by atoms with E-state index in [1.165, 1.54) is 59.0 Å². The second-order valence-electron chi connectivity index (χ2n) is 7.23. The first-order chi connectivity index (χ1) is 11.1. The molecule has 0 saturated carbocycles. The molecule has 3 aromatic rings. The van der Waals surface area contributed by atoms with E-state index in [4.69, 9.17) is 0 Å². The number of nitrogens with one attached hydrogen (secondary N) is 1.